The number of imidazole rings is 1. The lowest BCUT2D eigenvalue weighted by Crippen LogP contribution is -2.27. The zero-order valence-electron chi connectivity index (χ0n) is 15.2. The number of fused-ring (bicyclic) bond motifs is 1. The van der Waals surface area contributed by atoms with Gasteiger partial charge in [-0.2, -0.15) is 5.10 Å². The first-order valence-corrected chi connectivity index (χ1v) is 8.70. The Hall–Kier alpha value is -3.81. The molecule has 1 amide bonds. The number of methoxy groups -OCH3 is 1. The highest BCUT2D eigenvalue weighted by atomic mass is 16.5. The number of benzene rings is 1. The second-order valence-electron chi connectivity index (χ2n) is 6.13. The van der Waals surface area contributed by atoms with Crippen LogP contribution in [0.15, 0.2) is 65.5 Å². The molecule has 3 aromatic heterocycles. The van der Waals surface area contributed by atoms with Crippen molar-refractivity contribution in [1.82, 2.24) is 19.5 Å². The minimum absolute atomic E-state index is 0.204. The summed E-state index contributed by atoms with van der Waals surface area (Å²) in [5.74, 6) is 0.0710. The zero-order chi connectivity index (χ0) is 19.5. The molecule has 0 bridgehead atoms. The summed E-state index contributed by atoms with van der Waals surface area (Å²) in [6, 6.07) is 12.0. The van der Waals surface area contributed by atoms with E-state index in [2.05, 4.69) is 15.2 Å². The molecule has 0 spiro atoms. The molecule has 0 fully saturated rings. The highest BCUT2D eigenvalue weighted by Gasteiger charge is 2.11. The van der Waals surface area contributed by atoms with E-state index in [1.54, 1.807) is 35.0 Å². The van der Waals surface area contributed by atoms with Crippen molar-refractivity contribution in [2.24, 2.45) is 0 Å². The summed E-state index contributed by atoms with van der Waals surface area (Å²) < 4.78 is 13.8. The molecule has 8 nitrogen and oxygen atoms in total. The minimum Gasteiger partial charge on any atom is -0.465 e. The van der Waals surface area contributed by atoms with Crippen LogP contribution in [0.5, 0.6) is 0 Å². The Balaban J connectivity index is 1.38. The number of aromatic nitrogens is 3. The maximum absolute atomic E-state index is 12.3. The van der Waals surface area contributed by atoms with Crippen molar-refractivity contribution < 1.29 is 18.7 Å². The van der Waals surface area contributed by atoms with Crippen LogP contribution in [-0.2, 0) is 11.3 Å². The second-order valence-corrected chi connectivity index (χ2v) is 6.13. The van der Waals surface area contributed by atoms with Gasteiger partial charge in [-0.1, -0.05) is 0 Å². The largest absolute Gasteiger partial charge is 0.465 e. The summed E-state index contributed by atoms with van der Waals surface area (Å²) >= 11 is 0. The Morgan fingerprint density at radius 2 is 1.93 bits per heavy atom. The summed E-state index contributed by atoms with van der Waals surface area (Å²) in [5, 5.41) is 7.35. The predicted molar refractivity (Wildman–Crippen MR) is 101 cm³/mol. The van der Waals surface area contributed by atoms with Crippen molar-refractivity contribution in [3.05, 3.63) is 72.2 Å². The number of carbonyl (C=O) groups is 2. The van der Waals surface area contributed by atoms with Gasteiger partial charge in [-0.05, 0) is 36.4 Å². The van der Waals surface area contributed by atoms with E-state index in [1.807, 2.05) is 35.2 Å². The number of nitrogens with zero attached hydrogens (tertiary/aromatic N) is 3. The molecule has 0 atom stereocenters. The van der Waals surface area contributed by atoms with Gasteiger partial charge >= 0.3 is 5.97 Å². The highest BCUT2D eigenvalue weighted by Crippen LogP contribution is 2.20. The third-order valence-corrected chi connectivity index (χ3v) is 4.38. The Morgan fingerprint density at radius 3 is 2.64 bits per heavy atom. The molecule has 8 heteroatoms. The molecule has 142 valence electrons. The molecule has 28 heavy (non-hydrogen) atoms. The van der Waals surface area contributed by atoms with E-state index in [9.17, 15) is 9.59 Å². The van der Waals surface area contributed by atoms with Gasteiger partial charge in [-0.3, -0.25) is 4.79 Å². The van der Waals surface area contributed by atoms with E-state index in [0.717, 1.165) is 11.3 Å². The van der Waals surface area contributed by atoms with Gasteiger partial charge in [-0.25, -0.2) is 9.31 Å². The normalized spacial score (nSPS) is 10.9. The molecule has 1 aromatic carbocycles. The van der Waals surface area contributed by atoms with Crippen molar-refractivity contribution >= 4 is 17.5 Å². The number of rotatable bonds is 6. The van der Waals surface area contributed by atoms with E-state index in [0.29, 0.717) is 30.0 Å². The number of hydrogen-bond donors (Lipinski definition) is 1. The van der Waals surface area contributed by atoms with Gasteiger partial charge in [0.05, 0.1) is 18.9 Å². The Bertz CT molecular complexity index is 1110. The van der Waals surface area contributed by atoms with Crippen LogP contribution in [0, 0.1) is 0 Å². The van der Waals surface area contributed by atoms with Gasteiger partial charge in [0.15, 0.2) is 5.76 Å². The van der Waals surface area contributed by atoms with Crippen LogP contribution < -0.4 is 5.32 Å². The Morgan fingerprint density at radius 1 is 1.14 bits per heavy atom. The van der Waals surface area contributed by atoms with Crippen LogP contribution in [-0.4, -0.2) is 39.7 Å². The number of furan rings is 1. The van der Waals surface area contributed by atoms with E-state index in [-0.39, 0.29) is 5.91 Å². The molecule has 0 saturated carbocycles. The van der Waals surface area contributed by atoms with Crippen LogP contribution >= 0.6 is 0 Å². The van der Waals surface area contributed by atoms with Gasteiger partial charge < -0.3 is 19.0 Å². The van der Waals surface area contributed by atoms with E-state index in [1.165, 1.54) is 7.11 Å². The Labute approximate surface area is 160 Å². The van der Waals surface area contributed by atoms with Gasteiger partial charge in [0.2, 0.25) is 0 Å². The fourth-order valence-corrected chi connectivity index (χ4v) is 2.93. The molecule has 3 heterocycles. The average molecular weight is 378 g/mol. The molecule has 0 unspecified atom stereocenters. The quantitative estimate of drug-likeness (QED) is 0.521. The number of hydrogen-bond acceptors (Lipinski definition) is 5. The number of esters is 1. The van der Waals surface area contributed by atoms with Crippen LogP contribution in [0.2, 0.25) is 0 Å². The molecule has 4 aromatic rings. The average Bonchev–Trinajstić information content (AvgIpc) is 3.45. The number of carbonyl (C=O) groups excluding carboxylic acids is 2. The summed E-state index contributed by atoms with van der Waals surface area (Å²) in [5.41, 5.74) is 2.55. The van der Waals surface area contributed by atoms with Crippen LogP contribution in [0.1, 0.15) is 20.7 Å². The summed E-state index contributed by atoms with van der Waals surface area (Å²) in [6.45, 7) is 1.04. The number of nitrogens with one attached hydrogen (secondary N) is 1. The maximum Gasteiger partial charge on any atom is 0.337 e. The first-order chi connectivity index (χ1) is 13.7. The van der Waals surface area contributed by atoms with E-state index in [4.69, 9.17) is 4.42 Å². The lowest BCUT2D eigenvalue weighted by atomic mass is 10.1. The Kier molecular flexibility index (Phi) is 4.67. The van der Waals surface area contributed by atoms with E-state index >= 15 is 0 Å². The molecule has 4 rings (SSSR count). The molecular weight excluding hydrogens is 360 g/mol. The summed E-state index contributed by atoms with van der Waals surface area (Å²) in [4.78, 5) is 23.7. The zero-order valence-corrected chi connectivity index (χ0v) is 15.2. The van der Waals surface area contributed by atoms with Crippen LogP contribution in [0.4, 0.5) is 0 Å². The molecule has 1 N–H and O–H groups in total. The maximum atomic E-state index is 12.3. The summed E-state index contributed by atoms with van der Waals surface area (Å²) in [6.07, 6.45) is 5.38. The highest BCUT2D eigenvalue weighted by molar-refractivity contribution is 5.96. The van der Waals surface area contributed by atoms with Gasteiger partial charge in [-0.15, -0.1) is 0 Å². The monoisotopic (exact) mass is 378 g/mol. The molecule has 0 aliphatic carbocycles. The predicted octanol–water partition coefficient (Wildman–Crippen LogP) is 2.61. The van der Waals surface area contributed by atoms with Crippen molar-refractivity contribution in [2.45, 2.75) is 6.54 Å². The molecule has 0 aliphatic rings. The fourth-order valence-electron chi connectivity index (χ4n) is 2.93. The van der Waals surface area contributed by atoms with Crippen molar-refractivity contribution in [2.75, 3.05) is 13.7 Å². The van der Waals surface area contributed by atoms with Crippen molar-refractivity contribution in [3.8, 4) is 11.5 Å². The smallest absolute Gasteiger partial charge is 0.337 e. The van der Waals surface area contributed by atoms with Gasteiger partial charge in [0.25, 0.3) is 5.91 Å². The standard InChI is InChI=1S/C20H18N4O4/c1-27-20(26)15-6-4-14(5-7-15)19(25)21-8-9-23-10-11-24-18(23)13-16(22-24)17-3-2-12-28-17/h2-7,10-13H,8-9H2,1H3,(H,21,25). The topological polar surface area (TPSA) is 90.8 Å². The lowest BCUT2D eigenvalue weighted by Gasteiger charge is -2.07. The van der Waals surface area contributed by atoms with Crippen LogP contribution in [0.3, 0.4) is 0 Å². The number of amides is 1. The molecule has 0 radical (unpaired) electrons. The van der Waals surface area contributed by atoms with Gasteiger partial charge in [0.1, 0.15) is 11.3 Å². The molecular formula is C20H18N4O4. The van der Waals surface area contributed by atoms with Crippen LogP contribution in [0.25, 0.3) is 17.1 Å². The van der Waals surface area contributed by atoms with Crippen molar-refractivity contribution in [1.29, 1.82) is 0 Å². The minimum atomic E-state index is -0.432. The van der Waals surface area contributed by atoms with E-state index < -0.39 is 5.97 Å². The SMILES string of the molecule is COC(=O)c1ccc(C(=O)NCCn2ccn3nc(-c4ccco4)cc23)cc1. The first kappa shape index (κ1) is 17.6. The van der Waals surface area contributed by atoms with Crippen molar-refractivity contribution in [3.63, 3.8) is 0 Å². The molecule has 0 saturated heterocycles. The van der Waals surface area contributed by atoms with Gasteiger partial charge in [0, 0.05) is 37.1 Å². The lowest BCUT2D eigenvalue weighted by molar-refractivity contribution is 0.0600. The second kappa shape index (κ2) is 7.43. The third kappa shape index (κ3) is 3.39. The summed E-state index contributed by atoms with van der Waals surface area (Å²) in [7, 11) is 1.32. The first-order valence-electron chi connectivity index (χ1n) is 8.70. The molecule has 0 aliphatic heterocycles. The third-order valence-electron chi connectivity index (χ3n) is 4.38. The fraction of sp³-hybridized carbons (Fsp3) is 0.150. The number of ether oxygens (including phenoxy) is 1.